The van der Waals surface area contributed by atoms with Crippen LogP contribution < -0.4 is 4.90 Å². The molecule has 136 valence electrons. The SMILES string of the molecule is C=C(C)C(=O)OCCN(CC)c1ccc(N=Nc2ccc(F)cc2)cc1. The van der Waals surface area contributed by atoms with E-state index in [4.69, 9.17) is 4.74 Å². The Kier molecular flexibility index (Phi) is 7.02. The lowest BCUT2D eigenvalue weighted by Gasteiger charge is -2.22. The van der Waals surface area contributed by atoms with Crippen molar-refractivity contribution in [1.29, 1.82) is 0 Å². The number of carbonyl (C=O) groups excluding carboxylic acids is 1. The van der Waals surface area contributed by atoms with Gasteiger partial charge in [0.2, 0.25) is 0 Å². The maximum atomic E-state index is 12.9. The zero-order valence-corrected chi connectivity index (χ0v) is 15.0. The van der Waals surface area contributed by atoms with Crippen molar-refractivity contribution >= 4 is 23.0 Å². The summed E-state index contributed by atoms with van der Waals surface area (Å²) in [4.78, 5) is 13.5. The molecular weight excluding hydrogens is 333 g/mol. The minimum atomic E-state index is -0.377. The van der Waals surface area contributed by atoms with Gasteiger partial charge in [-0.15, -0.1) is 0 Å². The Hall–Kier alpha value is -3.02. The van der Waals surface area contributed by atoms with Crippen molar-refractivity contribution in [2.75, 3.05) is 24.6 Å². The third kappa shape index (κ3) is 5.81. The van der Waals surface area contributed by atoms with Gasteiger partial charge in [0, 0.05) is 17.8 Å². The number of hydrogen-bond acceptors (Lipinski definition) is 5. The zero-order chi connectivity index (χ0) is 18.9. The molecule has 2 aromatic rings. The number of rotatable bonds is 8. The minimum Gasteiger partial charge on any atom is -0.460 e. The summed E-state index contributed by atoms with van der Waals surface area (Å²) in [5.41, 5.74) is 2.68. The van der Waals surface area contributed by atoms with Crippen LogP contribution >= 0.6 is 0 Å². The van der Waals surface area contributed by atoms with Crippen molar-refractivity contribution in [3.05, 3.63) is 66.5 Å². The second kappa shape index (κ2) is 9.46. The van der Waals surface area contributed by atoms with Crippen molar-refractivity contribution < 1.29 is 13.9 Å². The fourth-order valence-electron chi connectivity index (χ4n) is 2.19. The lowest BCUT2D eigenvalue weighted by Crippen LogP contribution is -2.28. The van der Waals surface area contributed by atoms with Gasteiger partial charge in [0.15, 0.2) is 0 Å². The topological polar surface area (TPSA) is 54.3 Å². The molecule has 0 saturated carbocycles. The highest BCUT2D eigenvalue weighted by atomic mass is 19.1. The van der Waals surface area contributed by atoms with Crippen LogP contribution in [0.3, 0.4) is 0 Å². The number of anilines is 1. The summed E-state index contributed by atoms with van der Waals surface area (Å²) >= 11 is 0. The van der Waals surface area contributed by atoms with Crippen LogP contribution in [0.2, 0.25) is 0 Å². The molecule has 0 atom stereocenters. The van der Waals surface area contributed by atoms with E-state index in [1.54, 1.807) is 19.1 Å². The molecule has 0 heterocycles. The number of hydrogen-bond donors (Lipinski definition) is 0. The van der Waals surface area contributed by atoms with Crippen molar-refractivity contribution in [3.8, 4) is 0 Å². The number of likely N-dealkylation sites (N-methyl/N-ethyl adjacent to an activating group) is 1. The molecule has 0 bridgehead atoms. The van der Waals surface area contributed by atoms with Gasteiger partial charge in [-0.1, -0.05) is 6.58 Å². The number of halogens is 1. The van der Waals surface area contributed by atoms with Gasteiger partial charge in [0.05, 0.1) is 17.9 Å². The van der Waals surface area contributed by atoms with Gasteiger partial charge in [0.25, 0.3) is 0 Å². The van der Waals surface area contributed by atoms with Gasteiger partial charge in [0.1, 0.15) is 12.4 Å². The Labute approximate surface area is 152 Å². The van der Waals surface area contributed by atoms with Crippen molar-refractivity contribution in [1.82, 2.24) is 0 Å². The predicted octanol–water partition coefficient (Wildman–Crippen LogP) is 5.19. The number of benzene rings is 2. The molecule has 0 saturated heterocycles. The molecule has 0 aromatic heterocycles. The summed E-state index contributed by atoms with van der Waals surface area (Å²) in [5.74, 6) is -0.681. The Morgan fingerprint density at radius 3 is 2.12 bits per heavy atom. The fraction of sp³-hybridized carbons (Fsp3) is 0.250. The molecular formula is C20H22FN3O2. The summed E-state index contributed by atoms with van der Waals surface area (Å²) in [6, 6.07) is 13.4. The van der Waals surface area contributed by atoms with Crippen LogP contribution in [0.4, 0.5) is 21.5 Å². The number of azo groups is 1. The van der Waals surface area contributed by atoms with E-state index in [-0.39, 0.29) is 11.8 Å². The largest absolute Gasteiger partial charge is 0.460 e. The van der Waals surface area contributed by atoms with Crippen LogP contribution in [0.5, 0.6) is 0 Å². The molecule has 0 fully saturated rings. The van der Waals surface area contributed by atoms with E-state index < -0.39 is 0 Å². The number of nitrogens with zero attached hydrogens (tertiary/aromatic N) is 3. The van der Waals surface area contributed by atoms with E-state index in [1.807, 2.05) is 31.2 Å². The van der Waals surface area contributed by atoms with E-state index in [2.05, 4.69) is 21.7 Å². The molecule has 0 spiro atoms. The summed E-state index contributed by atoms with van der Waals surface area (Å²) in [6.45, 7) is 8.88. The third-order valence-electron chi connectivity index (χ3n) is 3.65. The molecule has 0 aliphatic heterocycles. The maximum absolute atomic E-state index is 12.9. The third-order valence-corrected chi connectivity index (χ3v) is 3.65. The molecule has 6 heteroatoms. The summed E-state index contributed by atoms with van der Waals surface area (Å²) in [6.07, 6.45) is 0. The first-order valence-corrected chi connectivity index (χ1v) is 8.34. The molecule has 0 N–H and O–H groups in total. The lowest BCUT2D eigenvalue weighted by molar-refractivity contribution is -0.138. The summed E-state index contributed by atoms with van der Waals surface area (Å²) in [7, 11) is 0. The normalized spacial score (nSPS) is 10.7. The van der Waals surface area contributed by atoms with Crippen molar-refractivity contribution in [3.63, 3.8) is 0 Å². The van der Waals surface area contributed by atoms with E-state index in [0.29, 0.717) is 30.1 Å². The predicted molar refractivity (Wildman–Crippen MR) is 101 cm³/mol. The van der Waals surface area contributed by atoms with E-state index in [9.17, 15) is 9.18 Å². The summed E-state index contributed by atoms with van der Waals surface area (Å²) in [5, 5.41) is 8.22. The van der Waals surface area contributed by atoms with Gasteiger partial charge >= 0.3 is 5.97 Å². The van der Waals surface area contributed by atoms with Crippen LogP contribution in [-0.2, 0) is 9.53 Å². The second-order valence-electron chi connectivity index (χ2n) is 5.69. The molecule has 0 radical (unpaired) electrons. The average Bonchev–Trinajstić information content (AvgIpc) is 2.65. The molecule has 2 rings (SSSR count). The Morgan fingerprint density at radius 2 is 1.62 bits per heavy atom. The first kappa shape index (κ1) is 19.3. The van der Waals surface area contributed by atoms with Crippen LogP contribution in [-0.4, -0.2) is 25.7 Å². The van der Waals surface area contributed by atoms with Crippen LogP contribution in [0.15, 0.2) is 70.9 Å². The highest BCUT2D eigenvalue weighted by Crippen LogP contribution is 2.22. The van der Waals surface area contributed by atoms with Gasteiger partial charge in [-0.05, 0) is 62.4 Å². The van der Waals surface area contributed by atoms with E-state index in [1.165, 1.54) is 12.1 Å². The van der Waals surface area contributed by atoms with E-state index >= 15 is 0 Å². The molecule has 0 aliphatic rings. The highest BCUT2D eigenvalue weighted by Gasteiger charge is 2.07. The summed E-state index contributed by atoms with van der Waals surface area (Å²) < 4.78 is 18.0. The minimum absolute atomic E-state index is 0.297. The smallest absolute Gasteiger partial charge is 0.333 e. The van der Waals surface area contributed by atoms with Gasteiger partial charge in [-0.3, -0.25) is 0 Å². The van der Waals surface area contributed by atoms with Gasteiger partial charge in [-0.2, -0.15) is 10.2 Å². The zero-order valence-electron chi connectivity index (χ0n) is 15.0. The second-order valence-corrected chi connectivity index (χ2v) is 5.69. The van der Waals surface area contributed by atoms with E-state index in [0.717, 1.165) is 12.2 Å². The standard InChI is InChI=1S/C20H22FN3O2/c1-4-24(13-14-26-20(25)15(2)3)19-11-9-18(10-12-19)23-22-17-7-5-16(21)6-8-17/h5-12H,2,4,13-14H2,1,3H3. The molecule has 26 heavy (non-hydrogen) atoms. The molecule has 2 aromatic carbocycles. The molecule has 0 amide bonds. The van der Waals surface area contributed by atoms with Crippen LogP contribution in [0.25, 0.3) is 0 Å². The highest BCUT2D eigenvalue weighted by molar-refractivity contribution is 5.86. The molecule has 5 nitrogen and oxygen atoms in total. The first-order valence-electron chi connectivity index (χ1n) is 8.34. The maximum Gasteiger partial charge on any atom is 0.333 e. The monoisotopic (exact) mass is 355 g/mol. The van der Waals surface area contributed by atoms with Gasteiger partial charge in [-0.25, -0.2) is 9.18 Å². The molecule has 0 aliphatic carbocycles. The quantitative estimate of drug-likeness (QED) is 0.372. The Bertz CT molecular complexity index is 771. The average molecular weight is 355 g/mol. The van der Waals surface area contributed by atoms with Gasteiger partial charge < -0.3 is 9.64 Å². The molecule has 0 unspecified atom stereocenters. The van der Waals surface area contributed by atoms with Crippen LogP contribution in [0.1, 0.15) is 13.8 Å². The number of esters is 1. The van der Waals surface area contributed by atoms with Crippen LogP contribution in [0, 0.1) is 5.82 Å². The van der Waals surface area contributed by atoms with Crippen molar-refractivity contribution in [2.24, 2.45) is 10.2 Å². The fourth-order valence-corrected chi connectivity index (χ4v) is 2.19. The van der Waals surface area contributed by atoms with Crippen molar-refractivity contribution in [2.45, 2.75) is 13.8 Å². The lowest BCUT2D eigenvalue weighted by atomic mass is 10.2. The Morgan fingerprint density at radius 1 is 1.08 bits per heavy atom. The Balaban J connectivity index is 1.94. The first-order chi connectivity index (χ1) is 12.5. The number of ether oxygens (including phenoxy) is 1. The number of carbonyl (C=O) groups is 1.